The monoisotopic (exact) mass is 464 g/mol. The minimum Gasteiger partial charge on any atom is -0.493 e. The molecule has 9 nitrogen and oxygen atoms in total. The van der Waals surface area contributed by atoms with Crippen LogP contribution in [0.3, 0.4) is 0 Å². The Morgan fingerprint density at radius 3 is 2.50 bits per heavy atom. The summed E-state index contributed by atoms with van der Waals surface area (Å²) in [4.78, 5) is 16.6. The largest absolute Gasteiger partial charge is 0.493 e. The summed E-state index contributed by atoms with van der Waals surface area (Å²) in [5, 5.41) is 12.5. The molecule has 0 radical (unpaired) electrons. The van der Waals surface area contributed by atoms with E-state index in [2.05, 4.69) is 5.32 Å². The maximum atomic E-state index is 12.8. The molecule has 1 saturated heterocycles. The van der Waals surface area contributed by atoms with Gasteiger partial charge >= 0.3 is 0 Å². The van der Waals surface area contributed by atoms with Gasteiger partial charge in [0.05, 0.1) is 31.8 Å². The Labute approximate surface area is 190 Å². The van der Waals surface area contributed by atoms with Crippen LogP contribution in [0.1, 0.15) is 24.9 Å². The van der Waals surface area contributed by atoms with E-state index in [1.165, 1.54) is 13.3 Å². The first-order valence-electron chi connectivity index (χ1n) is 10.4. The second-order valence-electron chi connectivity index (χ2n) is 8.06. The summed E-state index contributed by atoms with van der Waals surface area (Å²) >= 11 is 0. The molecule has 2 atom stereocenters. The minimum atomic E-state index is -3.10. The highest BCUT2D eigenvalue weighted by Crippen LogP contribution is 2.30. The van der Waals surface area contributed by atoms with E-state index in [-0.39, 0.29) is 29.2 Å². The van der Waals surface area contributed by atoms with Crippen molar-refractivity contribution < 1.29 is 22.7 Å². The van der Waals surface area contributed by atoms with Crippen molar-refractivity contribution in [3.8, 4) is 17.6 Å². The van der Waals surface area contributed by atoms with Crippen molar-refractivity contribution in [1.29, 1.82) is 5.26 Å². The summed E-state index contributed by atoms with van der Waals surface area (Å²) < 4.78 is 34.5. The average molecular weight is 465 g/mol. The molecule has 0 spiro atoms. The van der Waals surface area contributed by atoms with Gasteiger partial charge in [0.2, 0.25) is 0 Å². The number of carbonyl (C=O) groups excluding carboxylic acids is 1. The third-order valence-electron chi connectivity index (χ3n) is 5.40. The fourth-order valence-electron chi connectivity index (χ4n) is 3.49. The molecule has 0 saturated carbocycles. The first kappa shape index (κ1) is 25.5. The van der Waals surface area contributed by atoms with Gasteiger partial charge in [0, 0.05) is 25.3 Å². The van der Waals surface area contributed by atoms with Crippen molar-refractivity contribution in [2.45, 2.75) is 25.4 Å². The van der Waals surface area contributed by atoms with E-state index in [9.17, 15) is 18.5 Å². The van der Waals surface area contributed by atoms with Crippen LogP contribution in [0.2, 0.25) is 0 Å². The number of rotatable bonds is 10. The number of benzene rings is 1. The van der Waals surface area contributed by atoms with Crippen molar-refractivity contribution in [3.05, 3.63) is 35.5 Å². The number of ether oxygens (including phenoxy) is 2. The molecule has 1 amide bonds. The molecule has 2 rings (SSSR count). The van der Waals surface area contributed by atoms with Crippen LogP contribution < -0.4 is 14.8 Å². The standard InChI is InChI=1S/C22H32N4O5S/c1-16(17-6-7-20(30-4)21(12-17)31-5)24-22(27)18(13-23)14-26(10-9-25(2)3)19-8-11-32(28,29)15-19/h6-7,12,14,16,19H,8-11,15H2,1-5H3,(H,24,27)/b18-14-. The lowest BCUT2D eigenvalue weighted by Crippen LogP contribution is -2.38. The molecule has 1 N–H and O–H groups in total. The molecular formula is C22H32N4O5S. The van der Waals surface area contributed by atoms with Crippen molar-refractivity contribution >= 4 is 15.7 Å². The summed E-state index contributed by atoms with van der Waals surface area (Å²) in [5.41, 5.74) is 0.722. The zero-order chi connectivity index (χ0) is 23.9. The molecular weight excluding hydrogens is 432 g/mol. The van der Waals surface area contributed by atoms with Gasteiger partial charge < -0.3 is 24.6 Å². The van der Waals surface area contributed by atoms with Gasteiger partial charge in [-0.2, -0.15) is 5.26 Å². The summed E-state index contributed by atoms with van der Waals surface area (Å²) in [6, 6.07) is 6.66. The lowest BCUT2D eigenvalue weighted by Gasteiger charge is -2.28. The van der Waals surface area contributed by atoms with E-state index in [0.717, 1.165) is 5.56 Å². The number of nitriles is 1. The number of likely N-dealkylation sites (N-methyl/N-ethyl adjacent to an activating group) is 1. The Balaban J connectivity index is 2.20. The van der Waals surface area contributed by atoms with Crippen LogP contribution >= 0.6 is 0 Å². The van der Waals surface area contributed by atoms with E-state index in [1.54, 1.807) is 19.2 Å². The molecule has 1 fully saturated rings. The lowest BCUT2D eigenvalue weighted by atomic mass is 10.1. The smallest absolute Gasteiger partial charge is 0.263 e. The fraction of sp³-hybridized carbons (Fsp3) is 0.545. The number of hydrogen-bond donors (Lipinski definition) is 1. The fourth-order valence-corrected chi connectivity index (χ4v) is 5.23. The van der Waals surface area contributed by atoms with Crippen LogP contribution in [0.4, 0.5) is 0 Å². The molecule has 1 aromatic rings. The van der Waals surface area contributed by atoms with Gasteiger partial charge in [-0.25, -0.2) is 8.42 Å². The highest BCUT2D eigenvalue weighted by atomic mass is 32.2. The van der Waals surface area contributed by atoms with Crippen LogP contribution in [0, 0.1) is 11.3 Å². The molecule has 2 unspecified atom stereocenters. The van der Waals surface area contributed by atoms with E-state index in [1.807, 2.05) is 43.0 Å². The second-order valence-corrected chi connectivity index (χ2v) is 10.3. The Kier molecular flexibility index (Phi) is 8.92. The minimum absolute atomic E-state index is 0.0271. The van der Waals surface area contributed by atoms with Crippen molar-refractivity contribution in [2.75, 3.05) is 52.9 Å². The predicted molar refractivity (Wildman–Crippen MR) is 122 cm³/mol. The quantitative estimate of drug-likeness (QED) is 0.408. The second kappa shape index (κ2) is 11.2. The van der Waals surface area contributed by atoms with Crippen LogP contribution in [0.5, 0.6) is 11.5 Å². The normalized spacial score (nSPS) is 18.7. The first-order chi connectivity index (χ1) is 15.1. The van der Waals surface area contributed by atoms with Gasteiger partial charge in [-0.05, 0) is 45.1 Å². The molecule has 10 heteroatoms. The number of carbonyl (C=O) groups is 1. The topological polar surface area (TPSA) is 112 Å². The molecule has 0 aromatic heterocycles. The molecule has 1 aromatic carbocycles. The number of nitrogens with one attached hydrogen (secondary N) is 1. The van der Waals surface area contributed by atoms with Gasteiger partial charge in [-0.1, -0.05) is 6.07 Å². The third-order valence-corrected chi connectivity index (χ3v) is 7.15. The maximum absolute atomic E-state index is 12.8. The van der Waals surface area contributed by atoms with Crippen LogP contribution in [0.25, 0.3) is 0 Å². The van der Waals surface area contributed by atoms with Gasteiger partial charge in [0.1, 0.15) is 11.6 Å². The number of amides is 1. The van der Waals surface area contributed by atoms with Gasteiger partial charge in [-0.15, -0.1) is 0 Å². The van der Waals surface area contributed by atoms with Crippen molar-refractivity contribution in [1.82, 2.24) is 15.1 Å². The van der Waals surface area contributed by atoms with E-state index in [4.69, 9.17) is 9.47 Å². The lowest BCUT2D eigenvalue weighted by molar-refractivity contribution is -0.117. The van der Waals surface area contributed by atoms with Gasteiger partial charge in [-0.3, -0.25) is 4.79 Å². The van der Waals surface area contributed by atoms with E-state index >= 15 is 0 Å². The average Bonchev–Trinajstić information content (AvgIpc) is 3.12. The van der Waals surface area contributed by atoms with Crippen molar-refractivity contribution in [3.63, 3.8) is 0 Å². The van der Waals surface area contributed by atoms with Crippen LogP contribution in [0.15, 0.2) is 30.0 Å². The molecule has 1 aliphatic heterocycles. The van der Waals surface area contributed by atoms with Crippen molar-refractivity contribution in [2.24, 2.45) is 0 Å². The van der Waals surface area contributed by atoms with Crippen LogP contribution in [-0.4, -0.2) is 83.1 Å². The molecule has 1 heterocycles. The Hall–Kier alpha value is -2.77. The Morgan fingerprint density at radius 1 is 1.28 bits per heavy atom. The maximum Gasteiger partial charge on any atom is 0.263 e. The number of methoxy groups -OCH3 is 2. The van der Waals surface area contributed by atoms with E-state index < -0.39 is 15.7 Å². The van der Waals surface area contributed by atoms with E-state index in [0.29, 0.717) is 31.0 Å². The molecule has 0 aliphatic carbocycles. The Morgan fingerprint density at radius 2 is 1.97 bits per heavy atom. The number of sulfone groups is 1. The zero-order valence-electron chi connectivity index (χ0n) is 19.3. The van der Waals surface area contributed by atoms with Crippen LogP contribution in [-0.2, 0) is 14.6 Å². The zero-order valence-corrected chi connectivity index (χ0v) is 20.1. The number of nitrogens with zero attached hydrogens (tertiary/aromatic N) is 3. The highest BCUT2D eigenvalue weighted by molar-refractivity contribution is 7.91. The summed E-state index contributed by atoms with van der Waals surface area (Å²) in [7, 11) is 3.81. The summed E-state index contributed by atoms with van der Waals surface area (Å²) in [5.74, 6) is 0.744. The first-order valence-corrected chi connectivity index (χ1v) is 12.2. The molecule has 32 heavy (non-hydrogen) atoms. The predicted octanol–water partition coefficient (Wildman–Crippen LogP) is 1.34. The summed E-state index contributed by atoms with van der Waals surface area (Å²) in [6.45, 7) is 2.98. The number of hydrogen-bond acceptors (Lipinski definition) is 8. The SMILES string of the molecule is COc1ccc(C(C)NC(=O)/C(C#N)=C\N(CCN(C)C)C2CCS(=O)(=O)C2)cc1OC. The Bertz CT molecular complexity index is 985. The summed E-state index contributed by atoms with van der Waals surface area (Å²) in [6.07, 6.45) is 1.97. The third kappa shape index (κ3) is 6.87. The molecule has 176 valence electrons. The van der Waals surface area contributed by atoms with Gasteiger partial charge in [0.15, 0.2) is 21.3 Å². The molecule has 0 bridgehead atoms. The van der Waals surface area contributed by atoms with Gasteiger partial charge in [0.25, 0.3) is 5.91 Å². The molecule has 1 aliphatic rings. The highest BCUT2D eigenvalue weighted by Gasteiger charge is 2.31.